The van der Waals surface area contributed by atoms with Crippen molar-refractivity contribution in [3.05, 3.63) is 29.6 Å². The van der Waals surface area contributed by atoms with E-state index in [0.717, 1.165) is 18.2 Å². The number of nitrogens with two attached hydrogens (primary N) is 1. The third-order valence-electron chi connectivity index (χ3n) is 1.56. The molecule has 2 nitrogen and oxygen atoms in total. The fraction of sp³-hybridized carbons (Fsp3) is 0.250. The Hall–Kier alpha value is -0.870. The lowest BCUT2D eigenvalue weighted by Gasteiger charge is -2.08. The van der Waals surface area contributed by atoms with Gasteiger partial charge in [-0.1, -0.05) is 0 Å². The topological polar surface area (TPSA) is 46.2 Å². The molecule has 0 saturated heterocycles. The summed E-state index contributed by atoms with van der Waals surface area (Å²) in [6.45, 7) is -0.822. The van der Waals surface area contributed by atoms with Gasteiger partial charge in [0, 0.05) is 5.56 Å². The van der Waals surface area contributed by atoms with E-state index >= 15 is 0 Å². The summed E-state index contributed by atoms with van der Waals surface area (Å²) in [6.07, 6.45) is 0. The second-order valence-electron chi connectivity index (χ2n) is 2.46. The predicted octanol–water partition coefficient (Wildman–Crippen LogP) is 1.92. The normalized spacial score (nSPS) is 11.9. The van der Waals surface area contributed by atoms with Crippen LogP contribution in [0.4, 0.5) is 8.78 Å². The van der Waals surface area contributed by atoms with Crippen LogP contribution < -0.4 is 5.73 Å². The minimum Gasteiger partial charge on any atom is -0.508 e. The zero-order valence-electron chi connectivity index (χ0n) is 6.71. The van der Waals surface area contributed by atoms with Gasteiger partial charge in [0.15, 0.2) is 0 Å². The Morgan fingerprint density at radius 3 is 2.62 bits per heavy atom. The van der Waals surface area contributed by atoms with E-state index in [4.69, 9.17) is 10.8 Å². The zero-order chi connectivity index (χ0) is 9.14. The molecule has 0 saturated carbocycles. The molecule has 1 aromatic rings. The molecule has 0 radical (unpaired) electrons. The highest BCUT2D eigenvalue weighted by Gasteiger charge is 2.10. The molecule has 0 aliphatic rings. The summed E-state index contributed by atoms with van der Waals surface area (Å²) in [5.41, 5.74) is 5.36. The number of benzene rings is 1. The fourth-order valence-electron chi connectivity index (χ4n) is 0.905. The van der Waals surface area contributed by atoms with Gasteiger partial charge in [0.1, 0.15) is 18.2 Å². The lowest BCUT2D eigenvalue weighted by atomic mass is 10.1. The van der Waals surface area contributed by atoms with E-state index in [1.165, 1.54) is 0 Å². The van der Waals surface area contributed by atoms with Crippen molar-refractivity contribution >= 4 is 12.4 Å². The van der Waals surface area contributed by atoms with E-state index < -0.39 is 18.5 Å². The smallest absolute Gasteiger partial charge is 0.123 e. The summed E-state index contributed by atoms with van der Waals surface area (Å²) in [5, 5.41) is 9.12. The number of alkyl halides is 1. The highest BCUT2D eigenvalue weighted by molar-refractivity contribution is 5.85. The van der Waals surface area contributed by atoms with Gasteiger partial charge in [-0.25, -0.2) is 8.78 Å². The van der Waals surface area contributed by atoms with Crippen LogP contribution in [0.1, 0.15) is 11.6 Å². The van der Waals surface area contributed by atoms with Gasteiger partial charge in [0.05, 0.1) is 6.04 Å². The van der Waals surface area contributed by atoms with Crippen LogP contribution in [0.15, 0.2) is 18.2 Å². The van der Waals surface area contributed by atoms with Gasteiger partial charge in [-0.05, 0) is 18.2 Å². The first kappa shape index (κ1) is 12.1. The SMILES string of the molecule is Cl.N[C@@H](CF)c1cc(F)ccc1O. The summed E-state index contributed by atoms with van der Waals surface area (Å²) in [4.78, 5) is 0. The van der Waals surface area contributed by atoms with E-state index in [-0.39, 0.29) is 23.7 Å². The first-order chi connectivity index (χ1) is 5.65. The molecule has 0 bridgehead atoms. The molecule has 0 aliphatic heterocycles. The van der Waals surface area contributed by atoms with E-state index in [9.17, 15) is 8.78 Å². The quantitative estimate of drug-likeness (QED) is 0.782. The van der Waals surface area contributed by atoms with E-state index in [2.05, 4.69) is 0 Å². The number of hydrogen-bond donors (Lipinski definition) is 2. The van der Waals surface area contributed by atoms with Gasteiger partial charge in [-0.3, -0.25) is 0 Å². The summed E-state index contributed by atoms with van der Waals surface area (Å²) in [5.74, 6) is -0.715. The second-order valence-corrected chi connectivity index (χ2v) is 2.46. The van der Waals surface area contributed by atoms with Gasteiger partial charge >= 0.3 is 0 Å². The summed E-state index contributed by atoms with van der Waals surface area (Å²) in [7, 11) is 0. The molecule has 0 aliphatic carbocycles. The van der Waals surface area contributed by atoms with Crippen LogP contribution in [0.25, 0.3) is 0 Å². The Bertz CT molecular complexity index is 283. The third-order valence-corrected chi connectivity index (χ3v) is 1.56. The van der Waals surface area contributed by atoms with E-state index in [0.29, 0.717) is 0 Å². The number of rotatable bonds is 2. The molecule has 0 spiro atoms. The Labute approximate surface area is 80.8 Å². The van der Waals surface area contributed by atoms with Crippen molar-refractivity contribution in [2.45, 2.75) is 6.04 Å². The zero-order valence-corrected chi connectivity index (χ0v) is 7.52. The fourth-order valence-corrected chi connectivity index (χ4v) is 0.905. The summed E-state index contributed by atoms with van der Waals surface area (Å²) in [6, 6.07) is 2.31. The number of phenols is 1. The molecule has 0 aromatic heterocycles. The molecular weight excluding hydrogens is 200 g/mol. The number of phenolic OH excluding ortho intramolecular Hbond substituents is 1. The third kappa shape index (κ3) is 2.82. The van der Waals surface area contributed by atoms with Crippen LogP contribution >= 0.6 is 12.4 Å². The molecule has 1 aromatic carbocycles. The van der Waals surface area contributed by atoms with Crippen LogP contribution in [-0.2, 0) is 0 Å². The standard InChI is InChI=1S/C8H9F2NO.ClH/c9-4-7(11)6-3-5(10)1-2-8(6)12;/h1-3,7,12H,4,11H2;1H/t7-;/m0./s1. The van der Waals surface area contributed by atoms with Crippen molar-refractivity contribution in [1.29, 1.82) is 0 Å². The number of aromatic hydroxyl groups is 1. The Morgan fingerprint density at radius 1 is 1.46 bits per heavy atom. The molecular formula is C8H10ClF2NO. The average molecular weight is 210 g/mol. The average Bonchev–Trinajstić information content (AvgIpc) is 2.08. The Morgan fingerprint density at radius 2 is 2.08 bits per heavy atom. The minimum absolute atomic E-state index is 0. The lowest BCUT2D eigenvalue weighted by molar-refractivity contribution is 0.412. The second kappa shape index (κ2) is 4.99. The summed E-state index contributed by atoms with van der Waals surface area (Å²) >= 11 is 0. The molecule has 0 heterocycles. The van der Waals surface area contributed by atoms with E-state index in [1.807, 2.05) is 0 Å². The first-order valence-corrected chi connectivity index (χ1v) is 3.45. The maximum atomic E-state index is 12.6. The van der Waals surface area contributed by atoms with Gasteiger partial charge in [-0.2, -0.15) is 0 Å². The van der Waals surface area contributed by atoms with Crippen LogP contribution in [0.5, 0.6) is 5.75 Å². The monoisotopic (exact) mass is 209 g/mol. The van der Waals surface area contributed by atoms with Crippen LogP contribution in [0.2, 0.25) is 0 Å². The van der Waals surface area contributed by atoms with Crippen molar-refractivity contribution in [1.82, 2.24) is 0 Å². The van der Waals surface area contributed by atoms with Crippen molar-refractivity contribution in [2.24, 2.45) is 5.73 Å². The molecule has 74 valence electrons. The molecule has 1 atom stereocenters. The highest BCUT2D eigenvalue weighted by Crippen LogP contribution is 2.23. The Kier molecular flexibility index (Phi) is 4.66. The molecule has 5 heteroatoms. The van der Waals surface area contributed by atoms with Crippen LogP contribution in [-0.4, -0.2) is 11.8 Å². The van der Waals surface area contributed by atoms with E-state index in [1.54, 1.807) is 0 Å². The summed E-state index contributed by atoms with van der Waals surface area (Å²) < 4.78 is 24.6. The van der Waals surface area contributed by atoms with Gasteiger partial charge in [0.25, 0.3) is 0 Å². The maximum absolute atomic E-state index is 12.6. The van der Waals surface area contributed by atoms with Gasteiger partial charge in [-0.15, -0.1) is 12.4 Å². The van der Waals surface area contributed by atoms with Gasteiger partial charge < -0.3 is 10.8 Å². The molecule has 0 unspecified atom stereocenters. The molecule has 3 N–H and O–H groups in total. The Balaban J connectivity index is 0.00000144. The minimum atomic E-state index is -0.958. The number of halogens is 3. The van der Waals surface area contributed by atoms with Gasteiger partial charge in [0.2, 0.25) is 0 Å². The van der Waals surface area contributed by atoms with Crippen molar-refractivity contribution < 1.29 is 13.9 Å². The maximum Gasteiger partial charge on any atom is 0.123 e. The van der Waals surface area contributed by atoms with Crippen molar-refractivity contribution in [2.75, 3.05) is 6.67 Å². The van der Waals surface area contributed by atoms with Crippen molar-refractivity contribution in [3.63, 3.8) is 0 Å². The molecule has 1 rings (SSSR count). The number of hydrogen-bond acceptors (Lipinski definition) is 2. The molecule has 0 fully saturated rings. The molecule has 0 amide bonds. The molecule has 13 heavy (non-hydrogen) atoms. The highest BCUT2D eigenvalue weighted by atomic mass is 35.5. The lowest BCUT2D eigenvalue weighted by Crippen LogP contribution is -2.12. The first-order valence-electron chi connectivity index (χ1n) is 3.45. The van der Waals surface area contributed by atoms with Crippen LogP contribution in [0, 0.1) is 5.82 Å². The van der Waals surface area contributed by atoms with Crippen LogP contribution in [0.3, 0.4) is 0 Å². The largest absolute Gasteiger partial charge is 0.508 e. The van der Waals surface area contributed by atoms with Crippen molar-refractivity contribution in [3.8, 4) is 5.75 Å². The predicted molar refractivity (Wildman–Crippen MR) is 48.2 cm³/mol.